The van der Waals surface area contributed by atoms with Crippen molar-refractivity contribution in [2.24, 2.45) is 45.8 Å². The number of aromatic nitrogens is 2. The van der Waals surface area contributed by atoms with Crippen LogP contribution in [0.3, 0.4) is 0 Å². The Bertz CT molecular complexity index is 5180. The Labute approximate surface area is 783 Å². The first-order valence-electron chi connectivity index (χ1n) is 44.5. The molecule has 46 nitrogen and oxygen atoms in total. The number of aliphatic hydroxyl groups excluding tert-OH is 1. The molecule has 5 aromatic rings. The van der Waals surface area contributed by atoms with Crippen molar-refractivity contribution in [2.75, 3.05) is 33.4 Å². The number of nitrogens with one attached hydrogen (secondary N) is 16. The van der Waals surface area contributed by atoms with Crippen molar-refractivity contribution in [3.63, 3.8) is 0 Å². The van der Waals surface area contributed by atoms with E-state index in [1.54, 1.807) is 41.5 Å². The van der Waals surface area contributed by atoms with Gasteiger partial charge in [-0.2, -0.15) is 0 Å². The Morgan fingerprint density at radius 2 is 1.08 bits per heavy atom. The molecule has 4 aromatic carbocycles. The molecule has 16 atom stereocenters. The number of phenolic OH excluding ortho intramolecular Hbond substituents is 4. The van der Waals surface area contributed by atoms with Crippen LogP contribution >= 0.6 is 0 Å². The number of aliphatic hydroxyl groups is 2. The van der Waals surface area contributed by atoms with Crippen molar-refractivity contribution >= 4 is 100 Å². The summed E-state index contributed by atoms with van der Waals surface area (Å²) in [4.78, 5) is 211. The van der Waals surface area contributed by atoms with Gasteiger partial charge in [-0.3, -0.25) is 77.9 Å². The summed E-state index contributed by atoms with van der Waals surface area (Å²) in [6, 6.07) is 0.176. The molecule has 136 heavy (non-hydrogen) atoms. The molecule has 1 aliphatic heterocycles. The highest BCUT2D eigenvalue weighted by atomic mass is 16.7. The van der Waals surface area contributed by atoms with E-state index in [1.165, 1.54) is 114 Å². The van der Waals surface area contributed by atoms with E-state index in [2.05, 4.69) is 84.2 Å². The second kappa shape index (κ2) is 49.2. The van der Waals surface area contributed by atoms with E-state index >= 15 is 14.4 Å². The number of benzene rings is 4. The van der Waals surface area contributed by atoms with Gasteiger partial charge in [0.2, 0.25) is 70.8 Å². The number of H-pyrrole nitrogens is 1. The minimum absolute atomic E-state index is 0.00910. The first-order chi connectivity index (χ1) is 64.2. The van der Waals surface area contributed by atoms with Gasteiger partial charge in [-0.1, -0.05) is 83.1 Å². The number of hydrogen-bond acceptors (Lipinski definition) is 29. The third-order valence-electron chi connectivity index (χ3n) is 23.0. The average Bonchev–Trinajstić information content (AvgIpc) is 0.719. The standard InChI is InChI=1S/C90H126N22O24/c1-41(2)29-58(80(124)100-38-65(115)104-60(31-48-19-23-51(113)24-20-48)83(127)103-45(8)79(123)102-44(7)78(92)122)108-85(129)62(33-50-37-97-40-101-50)110-87(131)72(43(5)6)111-86(130)61(32-49-21-25-52(114)26-22-49)109-82(126)57(17-14-28-99-89(95)96)106-81(125)56(16-13-27-98-88(93)94)107-84(128)59(30-42(3)4)105-66(116)39-134-112-47(10)90(132)35-54-69(64(36-90)136-67-34-55(91)73(117)46(9)135-67)77(121)71-70(75(54)119)74(118)53-15-12-18-63(133-11)68(53)76(71)120/h12,15,18-26,37,40-46,55-62,64,67,72-73,113-114,117,119,121,132H,13-14,16-17,27-36,38-39,91H2,1-11H3,(H2,92,122)(H,97,101)(H,100,124)(H,102,123)(H,103,127)(H,104,115)(H,105,116)(H,106,125)(H,107,128)(H,108,129)(H,109,126)(H,110,131)(H,111,130)(H4,93,94,98)(H4,95,96,99)/b112-47+/t44-,45-,46-,55-,56-,57-,58-,59-,60-,61-,62-,64-,67-,72-,73+,90-/m0/s1. The van der Waals surface area contributed by atoms with Crippen LogP contribution in [0.5, 0.6) is 28.7 Å². The zero-order valence-electron chi connectivity index (χ0n) is 77.4. The van der Waals surface area contributed by atoms with E-state index in [1.807, 2.05) is 0 Å². The monoisotopic (exact) mass is 1900 g/mol. The van der Waals surface area contributed by atoms with Crippen molar-refractivity contribution < 1.29 is 117 Å². The third-order valence-corrected chi connectivity index (χ3v) is 23.0. The fraction of sp³-hybridized carbons (Fsp3) is 0.511. The summed E-state index contributed by atoms with van der Waals surface area (Å²) in [5, 5.41) is 121. The summed E-state index contributed by atoms with van der Waals surface area (Å²) in [6.07, 6.45) is -4.54. The lowest BCUT2D eigenvalue weighted by molar-refractivity contribution is -0.245. The number of nitrogens with zero attached hydrogens (tertiary/aromatic N) is 2. The zero-order chi connectivity index (χ0) is 100. The van der Waals surface area contributed by atoms with Gasteiger partial charge in [0.1, 0.15) is 94.8 Å². The van der Waals surface area contributed by atoms with Crippen LogP contribution in [0.25, 0.3) is 0 Å². The number of hydrogen-bond donors (Lipinski definition) is 26. The van der Waals surface area contributed by atoms with Gasteiger partial charge >= 0.3 is 0 Å². The predicted octanol–water partition coefficient (Wildman–Crippen LogP) is -2.54. The number of carbonyl (C=O) groups excluding carboxylic acids is 14. The maximum atomic E-state index is 15.1. The molecule has 0 saturated carbocycles. The molecule has 0 spiro atoms. The molecule has 1 saturated heterocycles. The van der Waals surface area contributed by atoms with Crippen LogP contribution in [-0.2, 0) is 97.5 Å². The fourth-order valence-electron chi connectivity index (χ4n) is 15.6. The van der Waals surface area contributed by atoms with Crippen molar-refractivity contribution in [2.45, 2.75) is 243 Å². The van der Waals surface area contributed by atoms with Gasteiger partial charge < -0.3 is 147 Å². The summed E-state index contributed by atoms with van der Waals surface area (Å²) in [5.74, 6) is -16.8. The summed E-state index contributed by atoms with van der Waals surface area (Å²) < 4.78 is 17.8. The number of amides is 12. The van der Waals surface area contributed by atoms with Crippen LogP contribution in [0.15, 0.2) is 84.4 Å². The number of ketones is 2. The van der Waals surface area contributed by atoms with Gasteiger partial charge in [0.25, 0.3) is 5.91 Å². The molecule has 2 heterocycles. The average molecular weight is 1900 g/mol. The highest BCUT2D eigenvalue weighted by molar-refractivity contribution is 6.31. The van der Waals surface area contributed by atoms with Crippen molar-refractivity contribution in [1.29, 1.82) is 10.8 Å². The Morgan fingerprint density at radius 3 is 1.61 bits per heavy atom. The number of phenols is 4. The number of primary amides is 1. The van der Waals surface area contributed by atoms with Crippen LogP contribution in [0.4, 0.5) is 0 Å². The summed E-state index contributed by atoms with van der Waals surface area (Å²) >= 11 is 0. The van der Waals surface area contributed by atoms with Gasteiger partial charge in [0.05, 0.1) is 60.7 Å². The maximum absolute atomic E-state index is 15.1. The Kier molecular flexibility index (Phi) is 38.8. The van der Waals surface area contributed by atoms with Gasteiger partial charge in [-0.05, 0) is 125 Å². The molecule has 0 bridgehead atoms. The van der Waals surface area contributed by atoms with Crippen LogP contribution < -0.4 is 96.8 Å². The molecule has 2 aliphatic carbocycles. The predicted molar refractivity (Wildman–Crippen MR) is 490 cm³/mol. The molecule has 3 aliphatic rings. The van der Waals surface area contributed by atoms with Crippen LogP contribution in [0.2, 0.25) is 0 Å². The van der Waals surface area contributed by atoms with Crippen molar-refractivity contribution in [3.8, 4) is 28.7 Å². The Balaban J connectivity index is 0.987. The number of ether oxygens (including phenoxy) is 3. The van der Waals surface area contributed by atoms with E-state index < -0.39 is 246 Å². The molecular weight excluding hydrogens is 1770 g/mol. The lowest BCUT2D eigenvalue weighted by atomic mass is 9.72. The van der Waals surface area contributed by atoms with E-state index in [4.69, 9.17) is 52.8 Å². The third kappa shape index (κ3) is 29.9. The molecule has 0 unspecified atom stereocenters. The zero-order valence-corrected chi connectivity index (χ0v) is 77.4. The Hall–Kier alpha value is -14.1. The number of fused-ring (bicyclic) bond motifs is 3. The first-order valence-corrected chi connectivity index (χ1v) is 44.5. The van der Waals surface area contributed by atoms with Gasteiger partial charge in [-0.15, -0.1) is 0 Å². The van der Waals surface area contributed by atoms with Gasteiger partial charge in [-0.25, -0.2) is 4.98 Å². The first kappa shape index (κ1) is 107. The van der Waals surface area contributed by atoms with Gasteiger partial charge in [0.15, 0.2) is 30.6 Å². The Morgan fingerprint density at radius 1 is 0.588 bits per heavy atom. The van der Waals surface area contributed by atoms with Crippen molar-refractivity contribution in [3.05, 3.63) is 129 Å². The maximum Gasteiger partial charge on any atom is 0.261 e. The largest absolute Gasteiger partial charge is 0.508 e. The summed E-state index contributed by atoms with van der Waals surface area (Å²) in [5.41, 5.74) is 19.6. The normalized spacial score (nSPS) is 18.9. The number of guanidine groups is 2. The minimum Gasteiger partial charge on any atom is -0.508 e. The number of rotatable bonds is 48. The molecular formula is C90H126N22O24. The number of aromatic hydroxyl groups is 4. The van der Waals surface area contributed by atoms with Crippen molar-refractivity contribution in [1.82, 2.24) is 79.1 Å². The van der Waals surface area contributed by atoms with E-state index in [-0.39, 0.29) is 134 Å². The molecule has 1 fully saturated rings. The number of oxime groups is 1. The summed E-state index contributed by atoms with van der Waals surface area (Å²) in [6.45, 7) is 13.9. The van der Waals surface area contributed by atoms with Crippen LogP contribution in [0.1, 0.15) is 186 Å². The molecule has 12 amide bonds. The summed E-state index contributed by atoms with van der Waals surface area (Å²) in [7, 11) is 1.28. The molecule has 30 N–H and O–H groups in total. The molecule has 46 heteroatoms. The topological polar surface area (TPSA) is 746 Å². The number of aromatic amines is 1. The van der Waals surface area contributed by atoms with E-state index in [0.717, 1.165) is 0 Å². The van der Waals surface area contributed by atoms with E-state index in [0.29, 0.717) is 16.8 Å². The smallest absolute Gasteiger partial charge is 0.261 e. The molecule has 740 valence electrons. The molecule has 1 aromatic heterocycles. The number of carbonyl (C=O) groups is 14. The van der Waals surface area contributed by atoms with E-state index in [9.17, 15) is 83.4 Å². The van der Waals surface area contributed by atoms with Crippen LogP contribution in [0, 0.1) is 28.6 Å². The number of nitrogens with two attached hydrogens (primary N) is 4. The SMILES string of the molecule is COc1cccc2c1C(=O)c1c(O)c3c(c(O)c1C2=O)C[C@@](O)(/C(C)=N/OCC(=O)N[C@@H](CC(C)C)C(=O)N[C@@H](CCCNC(=N)N)C(=O)N[C@@H](CCCNC(=N)N)C(=O)N[C@@H](Cc1ccc(O)cc1)C(=O)N[C@H](C(=O)N[C@@H](Cc1cnc[nH]1)C(=O)N[C@@H](CC(C)C)C(=O)NCC(=O)N[C@@H](Cc1ccc(O)cc1)C(=O)N[C@@H](C)C(=O)N[C@@H](C)C(N)=O)C(C)C)C[C@@H]3O[C@H]1C[C@H](N)[C@H](O)[C@H](C)O1. The molecule has 8 rings (SSSR count). The number of imidazole rings is 1. The molecule has 0 radical (unpaired) electrons. The highest BCUT2D eigenvalue weighted by Gasteiger charge is 2.50. The van der Waals surface area contributed by atoms with Crippen LogP contribution in [-0.4, -0.2) is 265 Å². The number of methoxy groups -OCH3 is 1. The highest BCUT2D eigenvalue weighted by Crippen LogP contribution is 2.53. The second-order valence-corrected chi connectivity index (χ2v) is 35.1. The lowest BCUT2D eigenvalue weighted by Crippen LogP contribution is -2.61. The minimum atomic E-state index is -2.21. The lowest BCUT2D eigenvalue weighted by Gasteiger charge is -2.42. The van der Waals surface area contributed by atoms with Gasteiger partial charge in [0, 0.05) is 86.2 Å². The quantitative estimate of drug-likeness (QED) is 0.00615. The fourth-order valence-corrected chi connectivity index (χ4v) is 15.6. The second-order valence-electron chi connectivity index (χ2n) is 35.1.